The monoisotopic (exact) mass is 454 g/mol. The van der Waals surface area contributed by atoms with Gasteiger partial charge in [-0.15, -0.1) is 0 Å². The first kappa shape index (κ1) is 19.4. The Morgan fingerprint density at radius 3 is 2.48 bits per heavy atom. The second kappa shape index (κ2) is 8.58. The number of benzene rings is 1. The van der Waals surface area contributed by atoms with Crippen LogP contribution < -0.4 is 0 Å². The van der Waals surface area contributed by atoms with Crippen LogP contribution in [0.2, 0.25) is 5.02 Å². The summed E-state index contributed by atoms with van der Waals surface area (Å²) in [6, 6.07) is 8.06. The maximum atomic E-state index is 12.3. The molecule has 0 N–H and O–H groups in total. The van der Waals surface area contributed by atoms with E-state index in [-0.39, 0.29) is 34.8 Å². The highest BCUT2D eigenvalue weighted by Gasteiger charge is 2.26. The lowest BCUT2D eigenvalue weighted by molar-refractivity contribution is -0.136. The van der Waals surface area contributed by atoms with Crippen molar-refractivity contribution >= 4 is 45.3 Å². The van der Waals surface area contributed by atoms with Gasteiger partial charge in [-0.05, 0) is 30.3 Å². The lowest BCUT2D eigenvalue weighted by atomic mass is 10.2. The number of halogens is 2. The van der Waals surface area contributed by atoms with E-state index in [9.17, 15) is 14.4 Å². The van der Waals surface area contributed by atoms with E-state index in [0.29, 0.717) is 30.7 Å². The quantitative estimate of drug-likeness (QED) is 0.662. The Kier molecular flexibility index (Phi) is 6.18. The predicted molar refractivity (Wildman–Crippen MR) is 101 cm³/mol. The minimum absolute atomic E-state index is 0.188. The molecule has 1 saturated heterocycles. The van der Waals surface area contributed by atoms with E-state index >= 15 is 0 Å². The summed E-state index contributed by atoms with van der Waals surface area (Å²) in [6.07, 6.45) is 1.44. The number of esters is 1. The lowest BCUT2D eigenvalue weighted by Gasteiger charge is -2.34. The average Bonchev–Trinajstić information content (AvgIpc) is 3.22. The fourth-order valence-corrected chi connectivity index (χ4v) is 3.22. The molecular weight excluding hydrogens is 440 g/mol. The summed E-state index contributed by atoms with van der Waals surface area (Å²) in [7, 11) is 0. The third-order valence-corrected chi connectivity index (χ3v) is 4.95. The highest BCUT2D eigenvalue weighted by Crippen LogP contribution is 2.21. The molecule has 1 aliphatic heterocycles. The topological polar surface area (TPSA) is 80.1 Å². The number of amides is 2. The van der Waals surface area contributed by atoms with Gasteiger partial charge in [0, 0.05) is 30.7 Å². The molecule has 1 aliphatic rings. The highest BCUT2D eigenvalue weighted by molar-refractivity contribution is 9.10. The van der Waals surface area contributed by atoms with Crippen molar-refractivity contribution in [3.63, 3.8) is 0 Å². The van der Waals surface area contributed by atoms with Crippen LogP contribution in [0.5, 0.6) is 0 Å². The van der Waals surface area contributed by atoms with Gasteiger partial charge in [0.05, 0.1) is 16.8 Å². The molecular formula is C18H16BrClN2O5. The molecule has 2 heterocycles. The Morgan fingerprint density at radius 2 is 1.81 bits per heavy atom. The molecule has 2 aromatic rings. The van der Waals surface area contributed by atoms with Gasteiger partial charge in [0.2, 0.25) is 0 Å². The maximum Gasteiger partial charge on any atom is 0.340 e. The molecule has 9 heteroatoms. The number of hydrogen-bond acceptors (Lipinski definition) is 5. The van der Waals surface area contributed by atoms with Crippen molar-refractivity contribution in [2.45, 2.75) is 0 Å². The van der Waals surface area contributed by atoms with Gasteiger partial charge in [-0.3, -0.25) is 9.59 Å². The summed E-state index contributed by atoms with van der Waals surface area (Å²) >= 11 is 9.24. The van der Waals surface area contributed by atoms with Crippen LogP contribution in [0, 0.1) is 0 Å². The molecule has 0 saturated carbocycles. The van der Waals surface area contributed by atoms with E-state index < -0.39 is 5.97 Å². The number of ether oxygens (including phenoxy) is 1. The van der Waals surface area contributed by atoms with E-state index in [1.165, 1.54) is 12.3 Å². The summed E-state index contributed by atoms with van der Waals surface area (Å²) in [5, 5.41) is 0.251. The molecule has 3 rings (SSSR count). The van der Waals surface area contributed by atoms with Crippen LogP contribution in [0.15, 0.2) is 45.5 Å². The fourth-order valence-electron chi connectivity index (χ4n) is 2.67. The molecule has 0 aliphatic carbocycles. The summed E-state index contributed by atoms with van der Waals surface area (Å²) < 4.78 is 10.9. The molecule has 1 fully saturated rings. The summed E-state index contributed by atoms with van der Waals surface area (Å²) in [4.78, 5) is 39.8. The molecule has 1 aromatic heterocycles. The maximum absolute atomic E-state index is 12.3. The Labute approximate surface area is 168 Å². The molecule has 0 atom stereocenters. The number of carbonyl (C=O) groups is 3. The molecule has 1 aromatic carbocycles. The zero-order valence-electron chi connectivity index (χ0n) is 14.2. The van der Waals surface area contributed by atoms with Crippen LogP contribution in [0.4, 0.5) is 0 Å². The fraction of sp³-hybridized carbons (Fsp3) is 0.278. The smallest absolute Gasteiger partial charge is 0.340 e. The molecule has 7 nitrogen and oxygen atoms in total. The first-order valence-corrected chi connectivity index (χ1v) is 9.35. The first-order valence-electron chi connectivity index (χ1n) is 8.18. The van der Waals surface area contributed by atoms with E-state index in [1.807, 2.05) is 0 Å². The Hall–Kier alpha value is -2.32. The SMILES string of the molecule is O=C(OCC(=O)N1CCN(C(=O)c2ccco2)CC1)c1cc(Br)ccc1Cl. The molecule has 2 amide bonds. The predicted octanol–water partition coefficient (Wildman–Crippen LogP) is 2.84. The second-order valence-corrected chi connectivity index (χ2v) is 7.17. The first-order chi connectivity index (χ1) is 13.0. The molecule has 0 bridgehead atoms. The van der Waals surface area contributed by atoms with Gasteiger partial charge in [-0.25, -0.2) is 4.79 Å². The van der Waals surface area contributed by atoms with E-state index in [4.69, 9.17) is 20.8 Å². The zero-order chi connectivity index (χ0) is 19.4. The van der Waals surface area contributed by atoms with Crippen LogP contribution in [0.3, 0.4) is 0 Å². The van der Waals surface area contributed by atoms with Crippen LogP contribution in [0.25, 0.3) is 0 Å². The van der Waals surface area contributed by atoms with Crippen LogP contribution in [-0.2, 0) is 9.53 Å². The number of nitrogens with zero attached hydrogens (tertiary/aromatic N) is 2. The van der Waals surface area contributed by atoms with Gasteiger partial charge < -0.3 is 19.0 Å². The Balaban J connectivity index is 1.49. The van der Waals surface area contributed by atoms with Crippen molar-refractivity contribution in [2.24, 2.45) is 0 Å². The van der Waals surface area contributed by atoms with Gasteiger partial charge in [0.15, 0.2) is 12.4 Å². The largest absolute Gasteiger partial charge is 0.459 e. The molecule has 142 valence electrons. The number of carbonyl (C=O) groups excluding carboxylic acids is 3. The summed E-state index contributed by atoms with van der Waals surface area (Å²) in [6.45, 7) is 1.11. The normalized spacial score (nSPS) is 14.1. The molecule has 0 spiro atoms. The Morgan fingerprint density at radius 1 is 1.11 bits per heavy atom. The minimum Gasteiger partial charge on any atom is -0.459 e. The van der Waals surface area contributed by atoms with Crippen molar-refractivity contribution in [1.29, 1.82) is 0 Å². The summed E-state index contributed by atoms with van der Waals surface area (Å²) in [5.74, 6) is -0.918. The lowest BCUT2D eigenvalue weighted by Crippen LogP contribution is -2.51. The molecule has 0 radical (unpaired) electrons. The minimum atomic E-state index is -0.665. The standard InChI is InChI=1S/C18H16BrClN2O5/c19-12-3-4-14(20)13(10-12)18(25)27-11-16(23)21-5-7-22(8-6-21)17(24)15-2-1-9-26-15/h1-4,9-10H,5-8,11H2. The third-order valence-electron chi connectivity index (χ3n) is 4.13. The molecule has 27 heavy (non-hydrogen) atoms. The number of rotatable bonds is 4. The van der Waals surface area contributed by atoms with Gasteiger partial charge in [0.25, 0.3) is 11.8 Å². The van der Waals surface area contributed by atoms with Gasteiger partial charge in [-0.2, -0.15) is 0 Å². The van der Waals surface area contributed by atoms with Crippen LogP contribution in [0.1, 0.15) is 20.9 Å². The summed E-state index contributed by atoms with van der Waals surface area (Å²) in [5.41, 5.74) is 0.188. The second-order valence-electron chi connectivity index (χ2n) is 5.85. The van der Waals surface area contributed by atoms with Crippen molar-refractivity contribution in [3.8, 4) is 0 Å². The number of piperazine rings is 1. The van der Waals surface area contributed by atoms with Crippen LogP contribution >= 0.6 is 27.5 Å². The zero-order valence-corrected chi connectivity index (χ0v) is 16.5. The number of hydrogen-bond donors (Lipinski definition) is 0. The Bertz CT molecular complexity index is 847. The van der Waals surface area contributed by atoms with E-state index in [1.54, 1.807) is 34.1 Å². The van der Waals surface area contributed by atoms with Gasteiger partial charge >= 0.3 is 5.97 Å². The number of furan rings is 1. The van der Waals surface area contributed by atoms with Crippen molar-refractivity contribution in [1.82, 2.24) is 9.80 Å². The highest BCUT2D eigenvalue weighted by atomic mass is 79.9. The van der Waals surface area contributed by atoms with E-state index in [0.717, 1.165) is 0 Å². The van der Waals surface area contributed by atoms with Gasteiger partial charge in [0.1, 0.15) is 0 Å². The van der Waals surface area contributed by atoms with Gasteiger partial charge in [-0.1, -0.05) is 27.5 Å². The average molecular weight is 456 g/mol. The van der Waals surface area contributed by atoms with Crippen molar-refractivity contribution < 1.29 is 23.5 Å². The third kappa shape index (κ3) is 4.70. The molecule has 0 unspecified atom stereocenters. The van der Waals surface area contributed by atoms with E-state index in [2.05, 4.69) is 15.9 Å². The van der Waals surface area contributed by atoms with Crippen LogP contribution in [-0.4, -0.2) is 60.4 Å². The van der Waals surface area contributed by atoms with Crippen molar-refractivity contribution in [3.05, 3.63) is 57.4 Å². The van der Waals surface area contributed by atoms with Crippen molar-refractivity contribution in [2.75, 3.05) is 32.8 Å².